The highest BCUT2D eigenvalue weighted by Gasteiger charge is 2.30. The predicted octanol–water partition coefficient (Wildman–Crippen LogP) is 5.35. The van der Waals surface area contributed by atoms with Gasteiger partial charge in [-0.1, -0.05) is 6.07 Å². The molecule has 3 aromatic rings. The highest BCUT2D eigenvalue weighted by molar-refractivity contribution is 6.04. The lowest BCUT2D eigenvalue weighted by Gasteiger charge is -2.10. The van der Waals surface area contributed by atoms with E-state index in [1.807, 2.05) is 0 Å². The third-order valence-corrected chi connectivity index (χ3v) is 4.01. The maximum Gasteiger partial charge on any atom is 0.416 e. The molecule has 0 spiro atoms. The van der Waals surface area contributed by atoms with Gasteiger partial charge in [0.2, 0.25) is 0 Å². The molecular formula is C19H18F4N4O2. The van der Waals surface area contributed by atoms with Gasteiger partial charge in [-0.15, -0.1) is 0 Å². The number of aromatic nitrogens is 2. The summed E-state index contributed by atoms with van der Waals surface area (Å²) in [5.41, 5.74) is -0.236. The molecule has 0 aliphatic heterocycles. The summed E-state index contributed by atoms with van der Waals surface area (Å²) >= 11 is 0. The number of nitrogens with zero attached hydrogens (tertiary/aromatic N) is 1. The molecule has 0 saturated heterocycles. The topological polar surface area (TPSA) is 79.0 Å². The van der Waals surface area contributed by atoms with Crippen LogP contribution in [-0.4, -0.2) is 29.5 Å². The van der Waals surface area contributed by atoms with Crippen LogP contribution in [0.2, 0.25) is 0 Å². The number of rotatable bonds is 7. The van der Waals surface area contributed by atoms with Gasteiger partial charge >= 0.3 is 12.2 Å². The molecule has 10 heteroatoms. The molecule has 3 rings (SSSR count). The highest BCUT2D eigenvalue weighted by Crippen LogP contribution is 2.31. The summed E-state index contributed by atoms with van der Waals surface area (Å²) in [5.74, 6) is 0.720. The average Bonchev–Trinajstić information content (AvgIpc) is 3.07. The number of amides is 2. The third-order valence-electron chi connectivity index (χ3n) is 4.01. The quantitative estimate of drug-likeness (QED) is 0.363. The van der Waals surface area contributed by atoms with Gasteiger partial charge in [0, 0.05) is 11.1 Å². The molecule has 1 aromatic heterocycles. The number of carbonyl (C=O) groups excluding carboxylic acids is 1. The summed E-state index contributed by atoms with van der Waals surface area (Å²) in [4.78, 5) is 12.2. The zero-order valence-corrected chi connectivity index (χ0v) is 15.1. The minimum absolute atomic E-state index is 0.00551. The highest BCUT2D eigenvalue weighted by atomic mass is 19.4. The molecule has 2 amide bonds. The average molecular weight is 410 g/mol. The maximum absolute atomic E-state index is 12.8. The van der Waals surface area contributed by atoms with Crippen molar-refractivity contribution in [3.8, 4) is 5.75 Å². The second-order valence-corrected chi connectivity index (χ2v) is 6.18. The second kappa shape index (κ2) is 8.80. The Balaban J connectivity index is 1.68. The standard InChI is InChI=1S/C19H18F4N4O2/c20-8-1-2-9-29-14-6-7-16-15(11-14)17(27-26-16)25-18(28)24-13-5-3-4-12(10-13)19(21,22)23/h3-7,10-11H,1-2,8-9H2,(H3,24,25,26,27,28). The molecule has 0 atom stereocenters. The zero-order chi connectivity index (χ0) is 20.9. The van der Waals surface area contributed by atoms with Crippen molar-refractivity contribution in [3.05, 3.63) is 48.0 Å². The number of alkyl halides is 4. The smallest absolute Gasteiger partial charge is 0.416 e. The van der Waals surface area contributed by atoms with E-state index in [-0.39, 0.29) is 11.5 Å². The summed E-state index contributed by atoms with van der Waals surface area (Å²) in [6.07, 6.45) is -3.52. The fourth-order valence-corrected chi connectivity index (χ4v) is 2.61. The van der Waals surface area contributed by atoms with Crippen molar-refractivity contribution in [2.75, 3.05) is 23.9 Å². The molecule has 1 heterocycles. The molecule has 154 valence electrons. The Kier molecular flexibility index (Phi) is 6.20. The number of anilines is 2. The van der Waals surface area contributed by atoms with Crippen LogP contribution in [0.5, 0.6) is 5.75 Å². The van der Waals surface area contributed by atoms with E-state index >= 15 is 0 Å². The van der Waals surface area contributed by atoms with Crippen LogP contribution < -0.4 is 15.4 Å². The van der Waals surface area contributed by atoms with Crippen molar-refractivity contribution in [1.29, 1.82) is 0 Å². The van der Waals surface area contributed by atoms with Crippen molar-refractivity contribution in [1.82, 2.24) is 10.2 Å². The Morgan fingerprint density at radius 1 is 1.10 bits per heavy atom. The number of unbranched alkanes of at least 4 members (excludes halogenated alkanes) is 1. The number of nitrogens with one attached hydrogen (secondary N) is 3. The summed E-state index contributed by atoms with van der Waals surface area (Å²) in [5, 5.41) is 12.2. The van der Waals surface area contributed by atoms with Crippen molar-refractivity contribution in [2.45, 2.75) is 19.0 Å². The number of ether oxygens (including phenoxy) is 1. The van der Waals surface area contributed by atoms with Crippen LogP contribution in [0.4, 0.5) is 33.9 Å². The van der Waals surface area contributed by atoms with Gasteiger partial charge in [-0.25, -0.2) is 4.79 Å². The first-order chi connectivity index (χ1) is 13.9. The van der Waals surface area contributed by atoms with Crippen LogP contribution in [0.25, 0.3) is 10.9 Å². The zero-order valence-electron chi connectivity index (χ0n) is 15.1. The number of hydrogen-bond donors (Lipinski definition) is 3. The maximum atomic E-state index is 12.8. The molecular weight excluding hydrogens is 392 g/mol. The van der Waals surface area contributed by atoms with Crippen molar-refractivity contribution < 1.29 is 27.1 Å². The number of H-pyrrole nitrogens is 1. The van der Waals surface area contributed by atoms with Crippen molar-refractivity contribution in [2.24, 2.45) is 0 Å². The van der Waals surface area contributed by atoms with E-state index in [0.29, 0.717) is 36.1 Å². The van der Waals surface area contributed by atoms with Crippen LogP contribution in [-0.2, 0) is 6.18 Å². The van der Waals surface area contributed by atoms with Gasteiger partial charge in [0.15, 0.2) is 5.82 Å². The molecule has 3 N–H and O–H groups in total. The summed E-state index contributed by atoms with van der Waals surface area (Å²) in [6.45, 7) is -0.0503. The SMILES string of the molecule is O=C(Nc1cccc(C(F)(F)F)c1)Nc1n[nH]c2ccc(OCCCCF)cc12. The number of benzene rings is 2. The normalized spacial score (nSPS) is 11.4. The van der Waals surface area contributed by atoms with Crippen LogP contribution in [0, 0.1) is 0 Å². The number of urea groups is 1. The monoisotopic (exact) mass is 410 g/mol. The van der Waals surface area contributed by atoms with E-state index in [1.165, 1.54) is 12.1 Å². The van der Waals surface area contributed by atoms with E-state index in [9.17, 15) is 22.4 Å². The van der Waals surface area contributed by atoms with Crippen molar-refractivity contribution in [3.63, 3.8) is 0 Å². The van der Waals surface area contributed by atoms with E-state index in [1.54, 1.807) is 18.2 Å². The van der Waals surface area contributed by atoms with E-state index < -0.39 is 24.4 Å². The van der Waals surface area contributed by atoms with Crippen LogP contribution >= 0.6 is 0 Å². The minimum Gasteiger partial charge on any atom is -0.494 e. The molecule has 0 aliphatic carbocycles. The van der Waals surface area contributed by atoms with Crippen LogP contribution in [0.1, 0.15) is 18.4 Å². The Bertz CT molecular complexity index is 988. The first-order valence-corrected chi connectivity index (χ1v) is 8.79. The number of halogens is 4. The fraction of sp³-hybridized carbons (Fsp3) is 0.263. The van der Waals surface area contributed by atoms with E-state index in [2.05, 4.69) is 20.8 Å². The minimum atomic E-state index is -4.51. The fourth-order valence-electron chi connectivity index (χ4n) is 2.61. The molecule has 2 aromatic carbocycles. The molecule has 0 aliphatic rings. The molecule has 0 saturated carbocycles. The Labute approximate surface area is 163 Å². The first kappa shape index (κ1) is 20.4. The van der Waals surface area contributed by atoms with Gasteiger partial charge in [-0.3, -0.25) is 14.8 Å². The van der Waals surface area contributed by atoms with Crippen LogP contribution in [0.3, 0.4) is 0 Å². The summed E-state index contributed by atoms with van der Waals surface area (Å²) < 4.78 is 56.0. The number of carbonyl (C=O) groups is 1. The number of fused-ring (bicyclic) bond motifs is 1. The lowest BCUT2D eigenvalue weighted by molar-refractivity contribution is -0.137. The number of hydrogen-bond acceptors (Lipinski definition) is 3. The van der Waals surface area contributed by atoms with Gasteiger partial charge in [-0.05, 0) is 49.2 Å². The Hall–Kier alpha value is -3.30. The van der Waals surface area contributed by atoms with Gasteiger partial charge in [0.25, 0.3) is 0 Å². The Morgan fingerprint density at radius 3 is 2.69 bits per heavy atom. The predicted molar refractivity (Wildman–Crippen MR) is 101 cm³/mol. The first-order valence-electron chi connectivity index (χ1n) is 8.79. The van der Waals surface area contributed by atoms with Gasteiger partial charge < -0.3 is 10.1 Å². The van der Waals surface area contributed by atoms with Gasteiger partial charge in [0.1, 0.15) is 5.75 Å². The van der Waals surface area contributed by atoms with E-state index in [0.717, 1.165) is 12.1 Å². The molecule has 29 heavy (non-hydrogen) atoms. The molecule has 0 unspecified atom stereocenters. The van der Waals surface area contributed by atoms with Gasteiger partial charge in [0.05, 0.1) is 24.4 Å². The molecule has 6 nitrogen and oxygen atoms in total. The summed E-state index contributed by atoms with van der Waals surface area (Å²) in [7, 11) is 0. The molecule has 0 fully saturated rings. The third kappa shape index (κ3) is 5.37. The number of aromatic amines is 1. The lowest BCUT2D eigenvalue weighted by atomic mass is 10.2. The Morgan fingerprint density at radius 2 is 1.93 bits per heavy atom. The van der Waals surface area contributed by atoms with Crippen molar-refractivity contribution >= 4 is 28.4 Å². The van der Waals surface area contributed by atoms with Gasteiger partial charge in [-0.2, -0.15) is 18.3 Å². The second-order valence-electron chi connectivity index (χ2n) is 6.18. The van der Waals surface area contributed by atoms with Crippen LogP contribution in [0.15, 0.2) is 42.5 Å². The summed E-state index contributed by atoms with van der Waals surface area (Å²) in [6, 6.07) is 8.65. The largest absolute Gasteiger partial charge is 0.494 e. The molecule has 0 bridgehead atoms. The van der Waals surface area contributed by atoms with E-state index in [4.69, 9.17) is 4.74 Å². The molecule has 0 radical (unpaired) electrons. The lowest BCUT2D eigenvalue weighted by Crippen LogP contribution is -2.20.